The smallest absolute Gasteiger partial charge is 0.243 e. The van der Waals surface area contributed by atoms with Crippen LogP contribution in [0.3, 0.4) is 0 Å². The SMILES string of the molecule is COc1ccc(S(=O)(=O)N(CC(C)C)C(CO)CCCCNC(=O)C(N)Cc2ccc3ccccc3c2)cc1. The molecule has 0 spiro atoms. The van der Waals surface area contributed by atoms with Gasteiger partial charge in [-0.1, -0.05) is 62.7 Å². The van der Waals surface area contributed by atoms with Crippen molar-refractivity contribution in [3.05, 3.63) is 72.3 Å². The first-order valence-electron chi connectivity index (χ1n) is 13.4. The summed E-state index contributed by atoms with van der Waals surface area (Å²) in [6.45, 7) is 4.33. The fourth-order valence-electron chi connectivity index (χ4n) is 4.57. The number of hydrogen-bond acceptors (Lipinski definition) is 6. The minimum Gasteiger partial charge on any atom is -0.497 e. The number of fused-ring (bicyclic) bond motifs is 1. The second-order valence-electron chi connectivity index (χ2n) is 10.3. The van der Waals surface area contributed by atoms with Crippen LogP contribution < -0.4 is 15.8 Å². The second-order valence-corrected chi connectivity index (χ2v) is 12.1. The molecule has 0 aliphatic heterocycles. The number of sulfonamides is 1. The Kier molecular flexibility index (Phi) is 11.3. The van der Waals surface area contributed by atoms with Gasteiger partial charge in [-0.2, -0.15) is 4.31 Å². The van der Waals surface area contributed by atoms with Gasteiger partial charge in [-0.3, -0.25) is 4.79 Å². The summed E-state index contributed by atoms with van der Waals surface area (Å²) >= 11 is 0. The van der Waals surface area contributed by atoms with Crippen molar-refractivity contribution in [2.45, 2.75) is 56.5 Å². The zero-order valence-electron chi connectivity index (χ0n) is 23.0. The molecule has 0 aromatic heterocycles. The molecule has 212 valence electrons. The zero-order valence-corrected chi connectivity index (χ0v) is 23.9. The lowest BCUT2D eigenvalue weighted by Crippen LogP contribution is -2.44. The van der Waals surface area contributed by atoms with E-state index in [1.807, 2.05) is 50.2 Å². The minimum absolute atomic E-state index is 0.0791. The van der Waals surface area contributed by atoms with Crippen molar-refractivity contribution in [1.29, 1.82) is 0 Å². The predicted molar refractivity (Wildman–Crippen MR) is 155 cm³/mol. The van der Waals surface area contributed by atoms with E-state index in [9.17, 15) is 18.3 Å². The third-order valence-corrected chi connectivity index (χ3v) is 8.63. The summed E-state index contributed by atoms with van der Waals surface area (Å²) in [7, 11) is -2.29. The molecular formula is C30H41N3O5S. The first kappa shape index (κ1) is 30.6. The van der Waals surface area contributed by atoms with Crippen LogP contribution in [0.4, 0.5) is 0 Å². The maximum absolute atomic E-state index is 13.4. The van der Waals surface area contributed by atoms with Crippen molar-refractivity contribution in [3.63, 3.8) is 0 Å². The molecule has 0 aliphatic carbocycles. The number of hydrogen-bond donors (Lipinski definition) is 3. The van der Waals surface area contributed by atoms with Crippen molar-refractivity contribution in [3.8, 4) is 5.75 Å². The highest BCUT2D eigenvalue weighted by Crippen LogP contribution is 2.24. The van der Waals surface area contributed by atoms with E-state index in [1.54, 1.807) is 12.1 Å². The molecule has 2 unspecified atom stereocenters. The molecule has 3 aromatic carbocycles. The Hall–Kier alpha value is -2.98. The van der Waals surface area contributed by atoms with Crippen LogP contribution in [-0.4, -0.2) is 62.6 Å². The van der Waals surface area contributed by atoms with Crippen molar-refractivity contribution in [2.75, 3.05) is 26.8 Å². The quantitative estimate of drug-likeness (QED) is 0.246. The summed E-state index contributed by atoms with van der Waals surface area (Å²) in [5.41, 5.74) is 7.16. The molecule has 3 aromatic rings. The number of ether oxygens (including phenoxy) is 1. The Labute approximate surface area is 232 Å². The number of carbonyl (C=O) groups is 1. The van der Waals surface area contributed by atoms with Gasteiger partial charge in [-0.25, -0.2) is 8.42 Å². The molecule has 1 amide bonds. The number of nitrogens with one attached hydrogen (secondary N) is 1. The van der Waals surface area contributed by atoms with Crippen LogP contribution in [0, 0.1) is 5.92 Å². The standard InChI is InChI=1S/C30H41N3O5S/c1-22(2)20-33(39(36,37)28-15-13-27(38-3)14-16-28)26(21-34)10-6-7-17-32-30(35)29(31)19-23-11-12-24-8-4-5-9-25(24)18-23/h4-5,8-9,11-16,18,22,26,29,34H,6-7,10,17,19-21,31H2,1-3H3,(H,32,35). The third kappa shape index (κ3) is 8.50. The molecule has 9 heteroatoms. The lowest BCUT2D eigenvalue weighted by Gasteiger charge is -2.31. The molecule has 0 heterocycles. The molecular weight excluding hydrogens is 514 g/mol. The maximum atomic E-state index is 13.4. The van der Waals surface area contributed by atoms with E-state index in [-0.39, 0.29) is 23.3 Å². The highest BCUT2D eigenvalue weighted by atomic mass is 32.2. The summed E-state index contributed by atoms with van der Waals surface area (Å²) in [4.78, 5) is 12.7. The van der Waals surface area contributed by atoms with E-state index >= 15 is 0 Å². The molecule has 8 nitrogen and oxygen atoms in total. The summed E-state index contributed by atoms with van der Waals surface area (Å²) in [5.74, 6) is 0.433. The molecule has 3 rings (SSSR count). The topological polar surface area (TPSA) is 122 Å². The molecule has 0 aliphatic rings. The third-order valence-electron chi connectivity index (χ3n) is 6.70. The lowest BCUT2D eigenvalue weighted by atomic mass is 10.0. The monoisotopic (exact) mass is 555 g/mol. The van der Waals surface area contributed by atoms with Crippen molar-refractivity contribution < 1.29 is 23.1 Å². The zero-order chi connectivity index (χ0) is 28.4. The van der Waals surface area contributed by atoms with Crippen molar-refractivity contribution in [1.82, 2.24) is 9.62 Å². The number of amides is 1. The van der Waals surface area contributed by atoms with E-state index in [0.717, 1.165) is 16.3 Å². The van der Waals surface area contributed by atoms with Crippen LogP contribution in [0.25, 0.3) is 10.8 Å². The number of rotatable bonds is 15. The second kappa shape index (κ2) is 14.4. The van der Waals surface area contributed by atoms with Crippen LogP contribution in [-0.2, 0) is 21.2 Å². The van der Waals surface area contributed by atoms with Gasteiger partial charge in [0.2, 0.25) is 15.9 Å². The fraction of sp³-hybridized carbons (Fsp3) is 0.433. The maximum Gasteiger partial charge on any atom is 0.243 e. The molecule has 2 atom stereocenters. The van der Waals surface area contributed by atoms with Gasteiger partial charge in [0.1, 0.15) is 5.75 Å². The Bertz CT molecular complexity index is 1310. The molecule has 0 fully saturated rings. The first-order valence-corrected chi connectivity index (χ1v) is 14.9. The normalized spacial score (nSPS) is 13.5. The molecule has 4 N–H and O–H groups in total. The van der Waals surface area contributed by atoms with E-state index in [1.165, 1.54) is 23.5 Å². The Morgan fingerprint density at radius 2 is 1.72 bits per heavy atom. The van der Waals surface area contributed by atoms with Crippen LogP contribution in [0.2, 0.25) is 0 Å². The van der Waals surface area contributed by atoms with E-state index in [2.05, 4.69) is 11.4 Å². The number of methoxy groups -OCH3 is 1. The highest BCUT2D eigenvalue weighted by Gasteiger charge is 2.31. The largest absolute Gasteiger partial charge is 0.497 e. The number of aliphatic hydroxyl groups is 1. The number of carbonyl (C=O) groups excluding carboxylic acids is 1. The van der Waals surface area contributed by atoms with Crippen LogP contribution in [0.1, 0.15) is 38.7 Å². The fourth-order valence-corrected chi connectivity index (χ4v) is 6.38. The predicted octanol–water partition coefficient (Wildman–Crippen LogP) is 3.71. The number of benzene rings is 3. The number of unbranched alkanes of at least 4 members (excludes halogenated alkanes) is 1. The Balaban J connectivity index is 1.51. The van der Waals surface area contributed by atoms with Gasteiger partial charge in [0.05, 0.1) is 24.7 Å². The first-order chi connectivity index (χ1) is 18.6. The Morgan fingerprint density at radius 3 is 2.36 bits per heavy atom. The highest BCUT2D eigenvalue weighted by molar-refractivity contribution is 7.89. The summed E-state index contributed by atoms with van der Waals surface area (Å²) in [6, 6.07) is 19.2. The minimum atomic E-state index is -3.81. The van der Waals surface area contributed by atoms with E-state index in [0.29, 0.717) is 44.5 Å². The van der Waals surface area contributed by atoms with Gasteiger partial charge >= 0.3 is 0 Å². The summed E-state index contributed by atoms with van der Waals surface area (Å²) in [5, 5.41) is 15.3. The average molecular weight is 556 g/mol. The van der Waals surface area contributed by atoms with Crippen LogP contribution in [0.5, 0.6) is 5.75 Å². The number of aliphatic hydroxyl groups excluding tert-OH is 1. The van der Waals surface area contributed by atoms with Crippen molar-refractivity contribution in [2.24, 2.45) is 11.7 Å². The van der Waals surface area contributed by atoms with Crippen molar-refractivity contribution >= 4 is 26.7 Å². The molecule has 0 radical (unpaired) electrons. The summed E-state index contributed by atoms with van der Waals surface area (Å²) < 4.78 is 33.4. The average Bonchev–Trinajstić information content (AvgIpc) is 2.93. The Morgan fingerprint density at radius 1 is 1.03 bits per heavy atom. The van der Waals surface area contributed by atoms with Gasteiger partial charge in [0.15, 0.2) is 0 Å². The summed E-state index contributed by atoms with van der Waals surface area (Å²) in [6.07, 6.45) is 2.19. The van der Waals surface area contributed by atoms with Gasteiger partial charge in [0.25, 0.3) is 0 Å². The van der Waals surface area contributed by atoms with Gasteiger partial charge in [-0.05, 0) is 65.8 Å². The van der Waals surface area contributed by atoms with Gasteiger partial charge in [0, 0.05) is 19.1 Å². The molecule has 0 bridgehead atoms. The van der Waals surface area contributed by atoms with Gasteiger partial charge in [-0.15, -0.1) is 0 Å². The number of nitrogens with two attached hydrogens (primary N) is 1. The molecule has 39 heavy (non-hydrogen) atoms. The lowest BCUT2D eigenvalue weighted by molar-refractivity contribution is -0.122. The van der Waals surface area contributed by atoms with Crippen LogP contribution in [0.15, 0.2) is 71.6 Å². The van der Waals surface area contributed by atoms with E-state index < -0.39 is 22.1 Å². The van der Waals surface area contributed by atoms with Crippen LogP contribution >= 0.6 is 0 Å². The van der Waals surface area contributed by atoms with Gasteiger partial charge < -0.3 is 20.9 Å². The molecule has 0 saturated carbocycles. The van der Waals surface area contributed by atoms with E-state index in [4.69, 9.17) is 10.5 Å². The number of nitrogens with zero attached hydrogens (tertiary/aromatic N) is 1. The molecule has 0 saturated heterocycles.